The SMILES string of the molecule is CNc1nc2ccccc2nc1OCC[C@H]1CCCN(C(=O)OC(C)(C)C)C1. The number of carbonyl (C=O) groups excluding carboxylic acids is 1. The number of aromatic nitrogens is 2. The summed E-state index contributed by atoms with van der Waals surface area (Å²) in [5.74, 6) is 1.55. The van der Waals surface area contributed by atoms with E-state index < -0.39 is 5.60 Å². The molecule has 1 aromatic carbocycles. The number of hydrogen-bond acceptors (Lipinski definition) is 6. The second-order valence-corrected chi connectivity index (χ2v) is 8.19. The zero-order valence-electron chi connectivity index (χ0n) is 17.2. The number of likely N-dealkylation sites (tertiary alicyclic amines) is 1. The average Bonchev–Trinajstić information content (AvgIpc) is 2.66. The zero-order chi connectivity index (χ0) is 20.1. The fourth-order valence-electron chi connectivity index (χ4n) is 3.36. The van der Waals surface area contributed by atoms with Gasteiger partial charge in [0, 0.05) is 20.1 Å². The molecule has 1 aliphatic rings. The van der Waals surface area contributed by atoms with Crippen molar-refractivity contribution in [2.24, 2.45) is 5.92 Å². The number of fused-ring (bicyclic) bond motifs is 1. The van der Waals surface area contributed by atoms with Crippen LogP contribution >= 0.6 is 0 Å². The molecule has 0 unspecified atom stereocenters. The predicted octanol–water partition coefficient (Wildman–Crippen LogP) is 4.09. The fraction of sp³-hybridized carbons (Fsp3) is 0.571. The summed E-state index contributed by atoms with van der Waals surface area (Å²) in [6.07, 6.45) is 2.71. The molecule has 1 amide bonds. The van der Waals surface area contributed by atoms with Crippen LogP contribution < -0.4 is 10.1 Å². The Morgan fingerprint density at radius 3 is 2.64 bits per heavy atom. The minimum absolute atomic E-state index is 0.226. The third-order valence-electron chi connectivity index (χ3n) is 4.71. The normalized spacial score (nSPS) is 17.4. The second-order valence-electron chi connectivity index (χ2n) is 8.19. The van der Waals surface area contributed by atoms with E-state index in [0.717, 1.165) is 36.8 Å². The molecule has 1 aliphatic heterocycles. The molecule has 28 heavy (non-hydrogen) atoms. The van der Waals surface area contributed by atoms with Crippen LogP contribution in [0, 0.1) is 5.92 Å². The van der Waals surface area contributed by atoms with Crippen LogP contribution in [0.1, 0.15) is 40.0 Å². The van der Waals surface area contributed by atoms with Crippen LogP contribution in [0.25, 0.3) is 11.0 Å². The number of piperidine rings is 1. The van der Waals surface area contributed by atoms with Gasteiger partial charge in [-0.1, -0.05) is 12.1 Å². The third-order valence-corrected chi connectivity index (χ3v) is 4.71. The van der Waals surface area contributed by atoms with Crippen LogP contribution in [0.5, 0.6) is 5.88 Å². The number of nitrogens with one attached hydrogen (secondary N) is 1. The summed E-state index contributed by atoms with van der Waals surface area (Å²) in [5, 5.41) is 3.05. The second kappa shape index (κ2) is 8.63. The van der Waals surface area contributed by atoms with Crippen LogP contribution in [0.15, 0.2) is 24.3 Å². The van der Waals surface area contributed by atoms with Crippen LogP contribution in [0.2, 0.25) is 0 Å². The van der Waals surface area contributed by atoms with E-state index in [4.69, 9.17) is 9.47 Å². The van der Waals surface area contributed by atoms with E-state index in [-0.39, 0.29) is 6.09 Å². The van der Waals surface area contributed by atoms with Gasteiger partial charge in [0.05, 0.1) is 17.6 Å². The topological polar surface area (TPSA) is 76.6 Å². The lowest BCUT2D eigenvalue weighted by Gasteiger charge is -2.34. The first kappa shape index (κ1) is 20.2. The van der Waals surface area contributed by atoms with E-state index in [1.165, 1.54) is 0 Å². The maximum absolute atomic E-state index is 12.3. The molecule has 152 valence electrons. The lowest BCUT2D eigenvalue weighted by atomic mass is 9.95. The average molecular weight is 386 g/mol. The van der Waals surface area contributed by atoms with Crippen molar-refractivity contribution in [3.8, 4) is 5.88 Å². The molecule has 1 atom stereocenters. The van der Waals surface area contributed by atoms with E-state index in [1.807, 2.05) is 57.0 Å². The molecule has 1 aromatic heterocycles. The number of carbonyl (C=O) groups is 1. The van der Waals surface area contributed by atoms with Gasteiger partial charge in [0.2, 0.25) is 0 Å². The molecule has 1 N–H and O–H groups in total. The highest BCUT2D eigenvalue weighted by Crippen LogP contribution is 2.25. The van der Waals surface area contributed by atoms with Gasteiger partial charge >= 0.3 is 6.09 Å². The Labute approximate surface area is 166 Å². The van der Waals surface area contributed by atoms with Gasteiger partial charge in [0.25, 0.3) is 5.88 Å². The molecule has 7 heteroatoms. The Bertz CT molecular complexity index is 819. The van der Waals surface area contributed by atoms with Crippen molar-refractivity contribution in [1.82, 2.24) is 14.9 Å². The van der Waals surface area contributed by atoms with Crippen LogP contribution in [0.4, 0.5) is 10.6 Å². The largest absolute Gasteiger partial charge is 0.475 e. The lowest BCUT2D eigenvalue weighted by molar-refractivity contribution is 0.0154. The van der Waals surface area contributed by atoms with Gasteiger partial charge in [-0.25, -0.2) is 14.8 Å². The van der Waals surface area contributed by atoms with Gasteiger partial charge in [-0.2, -0.15) is 0 Å². The Morgan fingerprint density at radius 2 is 1.96 bits per heavy atom. The van der Waals surface area contributed by atoms with Gasteiger partial charge in [-0.3, -0.25) is 0 Å². The van der Waals surface area contributed by atoms with Crippen LogP contribution in [0.3, 0.4) is 0 Å². The number of nitrogens with zero attached hydrogens (tertiary/aromatic N) is 3. The van der Waals surface area contributed by atoms with Crippen LogP contribution in [-0.4, -0.2) is 53.3 Å². The minimum atomic E-state index is -0.467. The van der Waals surface area contributed by atoms with Crippen LogP contribution in [-0.2, 0) is 4.74 Å². The monoisotopic (exact) mass is 386 g/mol. The molecule has 3 rings (SSSR count). The molecule has 1 saturated heterocycles. The van der Waals surface area contributed by atoms with Gasteiger partial charge in [0.1, 0.15) is 5.60 Å². The number of para-hydroxylation sites is 2. The molecule has 0 spiro atoms. The van der Waals surface area contributed by atoms with E-state index in [0.29, 0.717) is 30.8 Å². The minimum Gasteiger partial charge on any atom is -0.475 e. The van der Waals surface area contributed by atoms with Crippen molar-refractivity contribution in [1.29, 1.82) is 0 Å². The maximum atomic E-state index is 12.3. The van der Waals surface area contributed by atoms with Gasteiger partial charge in [0.15, 0.2) is 5.82 Å². The number of ether oxygens (including phenoxy) is 2. The Morgan fingerprint density at radius 1 is 1.25 bits per heavy atom. The van der Waals surface area contributed by atoms with E-state index in [1.54, 1.807) is 0 Å². The summed E-state index contributed by atoms with van der Waals surface area (Å²) in [6.45, 7) is 7.68. The summed E-state index contributed by atoms with van der Waals surface area (Å²) >= 11 is 0. The first-order valence-electron chi connectivity index (χ1n) is 9.91. The summed E-state index contributed by atoms with van der Waals surface area (Å²) < 4.78 is 11.4. The Balaban J connectivity index is 1.56. The van der Waals surface area contributed by atoms with Crippen molar-refractivity contribution < 1.29 is 14.3 Å². The summed E-state index contributed by atoms with van der Waals surface area (Å²) in [6, 6.07) is 7.73. The first-order valence-corrected chi connectivity index (χ1v) is 9.91. The lowest BCUT2D eigenvalue weighted by Crippen LogP contribution is -2.43. The molecular weight excluding hydrogens is 356 g/mol. The number of hydrogen-bond donors (Lipinski definition) is 1. The summed E-state index contributed by atoms with van der Waals surface area (Å²) in [7, 11) is 1.81. The van der Waals surface area contributed by atoms with Gasteiger partial charge in [-0.15, -0.1) is 0 Å². The van der Waals surface area contributed by atoms with Crippen molar-refractivity contribution in [3.63, 3.8) is 0 Å². The number of anilines is 1. The molecule has 0 aliphatic carbocycles. The molecule has 2 heterocycles. The molecule has 7 nitrogen and oxygen atoms in total. The summed E-state index contributed by atoms with van der Waals surface area (Å²) in [4.78, 5) is 23.3. The molecule has 1 fully saturated rings. The summed E-state index contributed by atoms with van der Waals surface area (Å²) in [5.41, 5.74) is 1.18. The number of rotatable bonds is 5. The number of benzene rings is 1. The number of amides is 1. The first-order chi connectivity index (χ1) is 13.4. The Kier molecular flexibility index (Phi) is 6.21. The molecule has 0 radical (unpaired) electrons. The maximum Gasteiger partial charge on any atom is 0.410 e. The molecule has 0 saturated carbocycles. The standard InChI is InChI=1S/C21H30N4O3/c1-21(2,3)28-20(26)25-12-7-8-15(14-25)11-13-27-19-18(22-4)23-16-9-5-6-10-17(16)24-19/h5-6,9-10,15H,7-8,11-14H2,1-4H3,(H,22,23)/t15-/m1/s1. The fourth-order valence-corrected chi connectivity index (χ4v) is 3.36. The van der Waals surface area contributed by atoms with Gasteiger partial charge < -0.3 is 19.7 Å². The van der Waals surface area contributed by atoms with E-state index >= 15 is 0 Å². The van der Waals surface area contributed by atoms with Crippen molar-refractivity contribution in [2.45, 2.75) is 45.6 Å². The van der Waals surface area contributed by atoms with Crippen molar-refractivity contribution >= 4 is 22.9 Å². The van der Waals surface area contributed by atoms with E-state index in [2.05, 4.69) is 15.3 Å². The molecule has 0 bridgehead atoms. The Hall–Kier alpha value is -2.57. The van der Waals surface area contributed by atoms with E-state index in [9.17, 15) is 4.79 Å². The zero-order valence-corrected chi connectivity index (χ0v) is 17.2. The molecule has 2 aromatic rings. The molecular formula is C21H30N4O3. The predicted molar refractivity (Wildman–Crippen MR) is 110 cm³/mol. The van der Waals surface area contributed by atoms with Gasteiger partial charge in [-0.05, 0) is 58.1 Å². The van der Waals surface area contributed by atoms with Crippen molar-refractivity contribution in [3.05, 3.63) is 24.3 Å². The van der Waals surface area contributed by atoms with Crippen molar-refractivity contribution in [2.75, 3.05) is 32.1 Å². The smallest absolute Gasteiger partial charge is 0.410 e. The quantitative estimate of drug-likeness (QED) is 0.834. The highest BCUT2D eigenvalue weighted by molar-refractivity contribution is 5.77. The highest BCUT2D eigenvalue weighted by atomic mass is 16.6. The third kappa shape index (κ3) is 5.24. The highest BCUT2D eigenvalue weighted by Gasteiger charge is 2.27.